The van der Waals surface area contributed by atoms with Crippen molar-refractivity contribution in [1.82, 2.24) is 9.47 Å². The highest BCUT2D eigenvalue weighted by molar-refractivity contribution is 6.04. The molecule has 150 valence electrons. The van der Waals surface area contributed by atoms with Gasteiger partial charge in [0.15, 0.2) is 5.78 Å². The van der Waals surface area contributed by atoms with Gasteiger partial charge in [-0.05, 0) is 32.3 Å². The number of amides is 1. The van der Waals surface area contributed by atoms with Crippen LogP contribution in [-0.4, -0.2) is 73.8 Å². The van der Waals surface area contributed by atoms with Gasteiger partial charge in [0.25, 0.3) is 0 Å². The summed E-state index contributed by atoms with van der Waals surface area (Å²) in [6.07, 6.45) is 1.74. The Labute approximate surface area is 159 Å². The minimum Gasteiger partial charge on any atom is -0.464 e. The molecule has 0 radical (unpaired) electrons. The quantitative estimate of drug-likeness (QED) is 0.499. The number of carbonyl (C=O) groups is 3. The highest BCUT2D eigenvalue weighted by Gasteiger charge is 2.29. The molecule has 1 aromatic rings. The average molecular weight is 380 g/mol. The topological polar surface area (TPSA) is 87.1 Å². The molecule has 8 nitrogen and oxygen atoms in total. The van der Waals surface area contributed by atoms with Crippen molar-refractivity contribution >= 4 is 17.7 Å². The third kappa shape index (κ3) is 4.56. The number of esters is 1. The van der Waals surface area contributed by atoms with E-state index in [1.165, 1.54) is 19.1 Å². The Morgan fingerprint density at radius 2 is 1.96 bits per heavy atom. The summed E-state index contributed by atoms with van der Waals surface area (Å²) < 4.78 is 17.0. The van der Waals surface area contributed by atoms with Crippen LogP contribution in [0.3, 0.4) is 0 Å². The molecule has 0 aromatic carbocycles. The summed E-state index contributed by atoms with van der Waals surface area (Å²) in [6, 6.07) is 0. The van der Waals surface area contributed by atoms with Gasteiger partial charge in [0.2, 0.25) is 5.91 Å². The predicted molar refractivity (Wildman–Crippen MR) is 98.0 cm³/mol. The maximum Gasteiger partial charge on any atom is 0.354 e. The number of methoxy groups -OCH3 is 2. The summed E-state index contributed by atoms with van der Waals surface area (Å²) in [6.45, 7) is 4.32. The van der Waals surface area contributed by atoms with Crippen LogP contribution < -0.4 is 0 Å². The van der Waals surface area contributed by atoms with E-state index in [9.17, 15) is 14.4 Å². The van der Waals surface area contributed by atoms with Gasteiger partial charge in [-0.2, -0.15) is 0 Å². The molecule has 1 aliphatic rings. The molecule has 1 fully saturated rings. The van der Waals surface area contributed by atoms with Crippen molar-refractivity contribution in [3.05, 3.63) is 22.5 Å². The van der Waals surface area contributed by atoms with Crippen molar-refractivity contribution in [1.29, 1.82) is 0 Å². The van der Waals surface area contributed by atoms with Crippen LogP contribution in [0.25, 0.3) is 0 Å². The van der Waals surface area contributed by atoms with Crippen LogP contribution in [0.5, 0.6) is 0 Å². The summed E-state index contributed by atoms with van der Waals surface area (Å²) >= 11 is 0. The lowest BCUT2D eigenvalue weighted by Gasteiger charge is -2.24. The third-order valence-electron chi connectivity index (χ3n) is 4.99. The van der Waals surface area contributed by atoms with Crippen molar-refractivity contribution in [2.45, 2.75) is 32.8 Å². The lowest BCUT2D eigenvalue weighted by atomic mass is 10.0. The van der Waals surface area contributed by atoms with Crippen molar-refractivity contribution in [2.75, 3.05) is 40.5 Å². The molecule has 1 saturated heterocycles. The molecule has 1 aromatic heterocycles. The van der Waals surface area contributed by atoms with E-state index in [2.05, 4.69) is 0 Å². The van der Waals surface area contributed by atoms with Gasteiger partial charge >= 0.3 is 5.97 Å². The fourth-order valence-electron chi connectivity index (χ4n) is 3.53. The molecule has 0 bridgehead atoms. The monoisotopic (exact) mass is 380 g/mol. The first-order valence-corrected chi connectivity index (χ1v) is 8.97. The number of Topliss-reactive ketones (excluding diaryl/α,β-unsaturated/α-hetero) is 1. The lowest BCUT2D eigenvalue weighted by molar-refractivity contribution is -0.136. The zero-order chi connectivity index (χ0) is 20.1. The van der Waals surface area contributed by atoms with Crippen molar-refractivity contribution < 1.29 is 28.6 Å². The molecule has 2 rings (SSSR count). The van der Waals surface area contributed by atoms with E-state index in [1.54, 1.807) is 25.5 Å². The van der Waals surface area contributed by atoms with Crippen molar-refractivity contribution in [3.8, 4) is 0 Å². The van der Waals surface area contributed by atoms with Gasteiger partial charge in [0, 0.05) is 38.6 Å². The van der Waals surface area contributed by atoms with E-state index in [-0.39, 0.29) is 30.9 Å². The van der Waals surface area contributed by atoms with Crippen LogP contribution in [0.2, 0.25) is 0 Å². The molecule has 2 heterocycles. The second-order valence-corrected chi connectivity index (χ2v) is 6.75. The molecule has 0 saturated carbocycles. The summed E-state index contributed by atoms with van der Waals surface area (Å²) in [5, 5.41) is 0. The Kier molecular flexibility index (Phi) is 7.15. The first-order chi connectivity index (χ1) is 12.8. The van der Waals surface area contributed by atoms with Crippen LogP contribution in [0.1, 0.15) is 44.9 Å². The summed E-state index contributed by atoms with van der Waals surface area (Å²) in [5.41, 5.74) is 2.00. The number of carbonyl (C=O) groups excluding carboxylic acids is 3. The van der Waals surface area contributed by atoms with Crippen LogP contribution in [0.4, 0.5) is 0 Å². The molecule has 27 heavy (non-hydrogen) atoms. The molecular weight excluding hydrogens is 352 g/mol. The van der Waals surface area contributed by atoms with Crippen LogP contribution >= 0.6 is 0 Å². The van der Waals surface area contributed by atoms with E-state index in [1.807, 2.05) is 0 Å². The average Bonchev–Trinajstić information content (AvgIpc) is 3.21. The van der Waals surface area contributed by atoms with E-state index in [0.29, 0.717) is 35.7 Å². The number of hydrogen-bond donors (Lipinski definition) is 0. The second-order valence-electron chi connectivity index (χ2n) is 6.75. The predicted octanol–water partition coefficient (Wildman–Crippen LogP) is 1.27. The van der Waals surface area contributed by atoms with Crippen LogP contribution in [0.15, 0.2) is 0 Å². The first-order valence-electron chi connectivity index (χ1n) is 8.97. The first kappa shape index (κ1) is 21.1. The molecule has 8 heteroatoms. The zero-order valence-corrected chi connectivity index (χ0v) is 16.7. The Hall–Kier alpha value is -2.19. The van der Waals surface area contributed by atoms with Gasteiger partial charge in [0.1, 0.15) is 12.3 Å². The van der Waals surface area contributed by atoms with Crippen molar-refractivity contribution in [2.24, 2.45) is 7.05 Å². The molecule has 0 spiro atoms. The Morgan fingerprint density at radius 1 is 1.26 bits per heavy atom. The van der Waals surface area contributed by atoms with Crippen LogP contribution in [-0.2, 0) is 26.1 Å². The molecule has 1 atom stereocenters. The maximum atomic E-state index is 13.0. The van der Waals surface area contributed by atoms with E-state index in [0.717, 1.165) is 12.8 Å². The number of aromatic nitrogens is 1. The normalized spacial score (nSPS) is 16.4. The number of ether oxygens (including phenoxy) is 3. The molecule has 1 amide bonds. The smallest absolute Gasteiger partial charge is 0.354 e. The van der Waals surface area contributed by atoms with Crippen LogP contribution in [0, 0.1) is 13.8 Å². The highest BCUT2D eigenvalue weighted by atomic mass is 16.5. The Balaban J connectivity index is 2.26. The van der Waals surface area contributed by atoms with E-state index < -0.39 is 5.97 Å². The van der Waals surface area contributed by atoms with E-state index >= 15 is 0 Å². The van der Waals surface area contributed by atoms with Gasteiger partial charge in [0.05, 0.1) is 19.8 Å². The summed E-state index contributed by atoms with van der Waals surface area (Å²) in [4.78, 5) is 38.9. The number of ketones is 1. The minimum atomic E-state index is -0.496. The summed E-state index contributed by atoms with van der Waals surface area (Å²) in [7, 11) is 4.46. The lowest BCUT2D eigenvalue weighted by Crippen LogP contribution is -2.42. The van der Waals surface area contributed by atoms with Gasteiger partial charge in [-0.1, -0.05) is 0 Å². The maximum absolute atomic E-state index is 13.0. The Morgan fingerprint density at radius 3 is 2.52 bits per heavy atom. The SMILES string of the molecule is COCC(=O)N(CC(=O)c1c(C)c(C(=O)OC)n(C)c1C)CC1CCCO1. The van der Waals surface area contributed by atoms with Gasteiger partial charge in [-0.3, -0.25) is 9.59 Å². The fourth-order valence-corrected chi connectivity index (χ4v) is 3.53. The largest absolute Gasteiger partial charge is 0.464 e. The zero-order valence-electron chi connectivity index (χ0n) is 16.7. The summed E-state index contributed by atoms with van der Waals surface area (Å²) in [5.74, 6) is -0.984. The highest BCUT2D eigenvalue weighted by Crippen LogP contribution is 2.23. The van der Waals surface area contributed by atoms with Gasteiger partial charge in [-0.15, -0.1) is 0 Å². The number of rotatable bonds is 8. The van der Waals surface area contributed by atoms with Gasteiger partial charge < -0.3 is 23.7 Å². The number of hydrogen-bond acceptors (Lipinski definition) is 6. The molecule has 0 N–H and O–H groups in total. The minimum absolute atomic E-state index is 0.0674. The van der Waals surface area contributed by atoms with Gasteiger partial charge in [-0.25, -0.2) is 4.79 Å². The fraction of sp³-hybridized carbons (Fsp3) is 0.632. The third-order valence-corrected chi connectivity index (χ3v) is 4.99. The Bertz CT molecular complexity index is 718. The second kappa shape index (κ2) is 9.14. The van der Waals surface area contributed by atoms with Crippen molar-refractivity contribution in [3.63, 3.8) is 0 Å². The standard InChI is InChI=1S/C19H28N2O6/c1-12-17(13(2)20(3)18(12)19(24)26-5)15(22)10-21(16(23)11-25-4)9-14-7-6-8-27-14/h14H,6-11H2,1-5H3. The molecule has 0 aliphatic carbocycles. The van der Waals surface area contributed by atoms with E-state index in [4.69, 9.17) is 14.2 Å². The molecule has 1 aliphatic heterocycles. The molecule has 1 unspecified atom stereocenters. The number of nitrogens with zero attached hydrogens (tertiary/aromatic N) is 2. The molecular formula is C19H28N2O6.